The van der Waals surface area contributed by atoms with E-state index in [1.165, 1.54) is 6.92 Å². The van der Waals surface area contributed by atoms with Crippen molar-refractivity contribution in [1.29, 1.82) is 0 Å². The summed E-state index contributed by atoms with van der Waals surface area (Å²) < 4.78 is 0. The Balaban J connectivity index is 1.99. The van der Waals surface area contributed by atoms with Gasteiger partial charge in [0, 0.05) is 25.6 Å². The van der Waals surface area contributed by atoms with Crippen LogP contribution in [0.4, 0.5) is 0 Å². The Bertz CT molecular complexity index is 679. The molecule has 2 aromatic carbocycles. The van der Waals surface area contributed by atoms with Crippen LogP contribution in [0.25, 0.3) is 11.1 Å². The van der Waals surface area contributed by atoms with Crippen LogP contribution >= 0.6 is 0 Å². The van der Waals surface area contributed by atoms with Crippen molar-refractivity contribution in [2.75, 3.05) is 6.54 Å². The van der Waals surface area contributed by atoms with Crippen molar-refractivity contribution in [3.8, 4) is 11.1 Å². The standard InChI is InChI=1S/C19H23N3O2/c1-3-12-21-22-19(24)18-10-8-17(9-11-18)16-6-4-15(5-7-16)13-20-14(2)23/h4-11,21H,3,12-13H2,1-2H3,(H,20,23)(H,22,24). The molecule has 0 aliphatic heterocycles. The molecular weight excluding hydrogens is 302 g/mol. The summed E-state index contributed by atoms with van der Waals surface area (Å²) >= 11 is 0. The second-order valence-corrected chi connectivity index (χ2v) is 5.56. The van der Waals surface area contributed by atoms with Gasteiger partial charge in [0.1, 0.15) is 0 Å². The van der Waals surface area contributed by atoms with E-state index in [-0.39, 0.29) is 11.8 Å². The highest BCUT2D eigenvalue weighted by Gasteiger charge is 2.05. The van der Waals surface area contributed by atoms with Crippen molar-refractivity contribution in [1.82, 2.24) is 16.2 Å². The summed E-state index contributed by atoms with van der Waals surface area (Å²) in [5, 5.41) is 2.77. The zero-order valence-electron chi connectivity index (χ0n) is 14.1. The van der Waals surface area contributed by atoms with Crippen LogP contribution < -0.4 is 16.2 Å². The highest BCUT2D eigenvalue weighted by atomic mass is 16.2. The van der Waals surface area contributed by atoms with E-state index in [1.807, 2.05) is 55.5 Å². The molecule has 0 aromatic heterocycles. The van der Waals surface area contributed by atoms with Gasteiger partial charge in [-0.3, -0.25) is 15.0 Å². The van der Waals surface area contributed by atoms with E-state index >= 15 is 0 Å². The first-order chi connectivity index (χ1) is 11.6. The van der Waals surface area contributed by atoms with E-state index in [4.69, 9.17) is 0 Å². The van der Waals surface area contributed by atoms with Gasteiger partial charge in [0.05, 0.1) is 0 Å². The summed E-state index contributed by atoms with van der Waals surface area (Å²) in [7, 11) is 0. The van der Waals surface area contributed by atoms with E-state index in [2.05, 4.69) is 16.2 Å². The summed E-state index contributed by atoms with van der Waals surface area (Å²) in [6, 6.07) is 15.5. The fourth-order valence-corrected chi connectivity index (χ4v) is 2.20. The fraction of sp³-hybridized carbons (Fsp3) is 0.263. The summed E-state index contributed by atoms with van der Waals surface area (Å²) in [6.07, 6.45) is 0.956. The maximum Gasteiger partial charge on any atom is 0.265 e. The Hall–Kier alpha value is -2.66. The molecule has 5 nitrogen and oxygen atoms in total. The first kappa shape index (κ1) is 17.7. The minimum Gasteiger partial charge on any atom is -0.352 e. The van der Waals surface area contributed by atoms with E-state index in [0.717, 1.165) is 29.7 Å². The van der Waals surface area contributed by atoms with Crippen LogP contribution in [0, 0.1) is 0 Å². The zero-order valence-corrected chi connectivity index (χ0v) is 14.1. The van der Waals surface area contributed by atoms with Crippen LogP contribution in [-0.4, -0.2) is 18.4 Å². The topological polar surface area (TPSA) is 70.2 Å². The van der Waals surface area contributed by atoms with Gasteiger partial charge >= 0.3 is 0 Å². The molecular formula is C19H23N3O2. The third-order valence-electron chi connectivity index (χ3n) is 3.55. The summed E-state index contributed by atoms with van der Waals surface area (Å²) in [4.78, 5) is 22.9. The predicted molar refractivity (Wildman–Crippen MR) is 95.2 cm³/mol. The lowest BCUT2D eigenvalue weighted by Gasteiger charge is -2.08. The van der Waals surface area contributed by atoms with Gasteiger partial charge in [-0.15, -0.1) is 0 Å². The second kappa shape index (κ2) is 8.84. The van der Waals surface area contributed by atoms with Crippen molar-refractivity contribution in [3.63, 3.8) is 0 Å². The number of hydrogen-bond donors (Lipinski definition) is 3. The number of carbonyl (C=O) groups excluding carboxylic acids is 2. The quantitative estimate of drug-likeness (QED) is 0.541. The molecule has 0 atom stereocenters. The molecule has 0 saturated heterocycles. The molecule has 126 valence electrons. The average Bonchev–Trinajstić information content (AvgIpc) is 2.60. The van der Waals surface area contributed by atoms with Crippen molar-refractivity contribution in [2.24, 2.45) is 0 Å². The average molecular weight is 325 g/mol. The van der Waals surface area contributed by atoms with Crippen molar-refractivity contribution >= 4 is 11.8 Å². The number of amides is 2. The minimum atomic E-state index is -0.138. The third kappa shape index (κ3) is 5.21. The molecule has 0 saturated carbocycles. The lowest BCUT2D eigenvalue weighted by Crippen LogP contribution is -2.37. The summed E-state index contributed by atoms with van der Waals surface area (Å²) in [6.45, 7) is 4.81. The van der Waals surface area contributed by atoms with E-state index in [9.17, 15) is 9.59 Å². The van der Waals surface area contributed by atoms with Gasteiger partial charge in [-0.25, -0.2) is 5.43 Å². The maximum absolute atomic E-state index is 11.9. The molecule has 5 heteroatoms. The molecule has 24 heavy (non-hydrogen) atoms. The smallest absolute Gasteiger partial charge is 0.265 e. The van der Waals surface area contributed by atoms with Gasteiger partial charge in [-0.1, -0.05) is 43.3 Å². The molecule has 0 fully saturated rings. The van der Waals surface area contributed by atoms with Gasteiger partial charge in [0.15, 0.2) is 0 Å². The van der Waals surface area contributed by atoms with Crippen LogP contribution in [0.2, 0.25) is 0 Å². The van der Waals surface area contributed by atoms with Crippen molar-refractivity contribution < 1.29 is 9.59 Å². The van der Waals surface area contributed by atoms with Gasteiger partial charge in [-0.2, -0.15) is 0 Å². The molecule has 0 radical (unpaired) electrons. The summed E-state index contributed by atoms with van der Waals surface area (Å²) in [5.41, 5.74) is 9.31. The number of hydrogen-bond acceptors (Lipinski definition) is 3. The van der Waals surface area contributed by atoms with Gasteiger partial charge in [0.25, 0.3) is 5.91 Å². The normalized spacial score (nSPS) is 10.2. The van der Waals surface area contributed by atoms with E-state index in [1.54, 1.807) is 0 Å². The number of rotatable bonds is 7. The lowest BCUT2D eigenvalue weighted by atomic mass is 10.0. The molecule has 2 amide bonds. The Morgan fingerprint density at radius 3 is 2.04 bits per heavy atom. The lowest BCUT2D eigenvalue weighted by molar-refractivity contribution is -0.119. The first-order valence-corrected chi connectivity index (χ1v) is 8.07. The summed E-state index contributed by atoms with van der Waals surface area (Å²) in [5.74, 6) is -0.179. The second-order valence-electron chi connectivity index (χ2n) is 5.56. The minimum absolute atomic E-state index is 0.0404. The van der Waals surface area contributed by atoms with E-state index < -0.39 is 0 Å². The highest BCUT2D eigenvalue weighted by molar-refractivity contribution is 5.94. The highest BCUT2D eigenvalue weighted by Crippen LogP contribution is 2.20. The first-order valence-electron chi connectivity index (χ1n) is 8.07. The van der Waals surface area contributed by atoms with Gasteiger partial charge < -0.3 is 5.32 Å². The van der Waals surface area contributed by atoms with Crippen LogP contribution in [0.3, 0.4) is 0 Å². The number of benzene rings is 2. The third-order valence-corrected chi connectivity index (χ3v) is 3.55. The molecule has 2 aromatic rings. The van der Waals surface area contributed by atoms with Crippen LogP contribution in [0.5, 0.6) is 0 Å². The largest absolute Gasteiger partial charge is 0.352 e. The van der Waals surface area contributed by atoms with Crippen LogP contribution in [0.15, 0.2) is 48.5 Å². The fourth-order valence-electron chi connectivity index (χ4n) is 2.20. The van der Waals surface area contributed by atoms with Gasteiger partial charge in [0.2, 0.25) is 5.91 Å². The van der Waals surface area contributed by atoms with Crippen LogP contribution in [-0.2, 0) is 11.3 Å². The number of nitrogens with one attached hydrogen (secondary N) is 3. The Morgan fingerprint density at radius 2 is 1.50 bits per heavy atom. The Kier molecular flexibility index (Phi) is 6.51. The maximum atomic E-state index is 11.9. The van der Waals surface area contributed by atoms with Gasteiger partial charge in [-0.05, 0) is 35.2 Å². The van der Waals surface area contributed by atoms with Crippen molar-refractivity contribution in [3.05, 3.63) is 59.7 Å². The molecule has 0 spiro atoms. The Labute approximate surface area is 142 Å². The number of hydrazine groups is 1. The molecule has 0 unspecified atom stereocenters. The molecule has 3 N–H and O–H groups in total. The van der Waals surface area contributed by atoms with Crippen molar-refractivity contribution in [2.45, 2.75) is 26.8 Å². The Morgan fingerprint density at radius 1 is 0.917 bits per heavy atom. The SMILES string of the molecule is CCCNNC(=O)c1ccc(-c2ccc(CNC(C)=O)cc2)cc1. The number of carbonyl (C=O) groups is 2. The monoisotopic (exact) mass is 325 g/mol. The molecule has 0 bridgehead atoms. The van der Waals surface area contributed by atoms with Crippen LogP contribution in [0.1, 0.15) is 36.2 Å². The van der Waals surface area contributed by atoms with E-state index in [0.29, 0.717) is 12.1 Å². The molecule has 0 heterocycles. The molecule has 2 rings (SSSR count). The molecule has 0 aliphatic rings. The predicted octanol–water partition coefficient (Wildman–Crippen LogP) is 2.63. The molecule has 0 aliphatic carbocycles. The zero-order chi connectivity index (χ0) is 17.4.